The highest BCUT2D eigenvalue weighted by molar-refractivity contribution is 6.02. The Morgan fingerprint density at radius 2 is 1.77 bits per heavy atom. The van der Waals surface area contributed by atoms with Crippen molar-refractivity contribution in [2.45, 2.75) is 6.92 Å². The van der Waals surface area contributed by atoms with Crippen molar-refractivity contribution in [3.05, 3.63) is 115 Å². The first-order valence-corrected chi connectivity index (χ1v) is 10.3. The number of nitro benzene ring substituents is 2. The van der Waals surface area contributed by atoms with Crippen LogP contribution >= 0.6 is 0 Å². The van der Waals surface area contributed by atoms with Gasteiger partial charge in [-0.2, -0.15) is 5.10 Å². The van der Waals surface area contributed by atoms with Gasteiger partial charge in [-0.3, -0.25) is 25.7 Å². The third kappa shape index (κ3) is 5.30. The van der Waals surface area contributed by atoms with Crippen LogP contribution in [0, 0.1) is 27.2 Å². The number of hydrazone groups is 1. The second kappa shape index (κ2) is 9.83. The van der Waals surface area contributed by atoms with Crippen LogP contribution in [0.2, 0.25) is 0 Å². The molecular formula is C24H18N4O7. The van der Waals surface area contributed by atoms with E-state index < -0.39 is 26.8 Å². The van der Waals surface area contributed by atoms with Crippen LogP contribution in [0.5, 0.6) is 5.75 Å². The quantitative estimate of drug-likeness (QED) is 0.165. The molecule has 0 fully saturated rings. The summed E-state index contributed by atoms with van der Waals surface area (Å²) in [5, 5.41) is 27.4. The maximum absolute atomic E-state index is 11.7. The molecule has 0 amide bonds. The maximum atomic E-state index is 11.7. The fraction of sp³-hybridized carbons (Fsp3) is 0.0833. The summed E-state index contributed by atoms with van der Waals surface area (Å²) in [6.07, 6.45) is 0. The van der Waals surface area contributed by atoms with Crippen LogP contribution in [-0.4, -0.2) is 22.2 Å². The molecule has 0 aliphatic carbocycles. The van der Waals surface area contributed by atoms with Crippen LogP contribution < -0.4 is 15.8 Å². The monoisotopic (exact) mass is 474 g/mol. The minimum atomic E-state index is -0.728. The molecule has 11 nitrogen and oxygen atoms in total. The smallest absolute Gasteiger partial charge is 0.336 e. The molecule has 0 radical (unpaired) electrons. The molecule has 4 rings (SSSR count). The fourth-order valence-corrected chi connectivity index (χ4v) is 3.36. The summed E-state index contributed by atoms with van der Waals surface area (Å²) < 4.78 is 11.1. The van der Waals surface area contributed by atoms with Gasteiger partial charge in [0.2, 0.25) is 0 Å². The Morgan fingerprint density at radius 1 is 1.00 bits per heavy atom. The Morgan fingerprint density at radius 3 is 2.49 bits per heavy atom. The molecule has 1 heterocycles. The molecule has 0 spiro atoms. The summed E-state index contributed by atoms with van der Waals surface area (Å²) >= 11 is 0. The second-order valence-electron chi connectivity index (χ2n) is 7.45. The van der Waals surface area contributed by atoms with Crippen molar-refractivity contribution in [2.75, 3.05) is 12.0 Å². The van der Waals surface area contributed by atoms with E-state index in [1.165, 1.54) is 12.1 Å². The van der Waals surface area contributed by atoms with Crippen LogP contribution in [-0.2, 0) is 0 Å². The fourth-order valence-electron chi connectivity index (χ4n) is 3.36. The molecule has 176 valence electrons. The number of aryl methyl sites for hydroxylation is 1. The van der Waals surface area contributed by atoms with Gasteiger partial charge in [0.15, 0.2) is 0 Å². The number of nitrogens with zero attached hydrogens (tertiary/aromatic N) is 3. The number of nitro groups is 2. The van der Waals surface area contributed by atoms with Crippen molar-refractivity contribution in [1.82, 2.24) is 0 Å². The zero-order valence-corrected chi connectivity index (χ0v) is 18.3. The van der Waals surface area contributed by atoms with Crippen molar-refractivity contribution in [1.29, 1.82) is 0 Å². The topological polar surface area (TPSA) is 150 Å². The van der Waals surface area contributed by atoms with Crippen LogP contribution in [0.4, 0.5) is 17.1 Å². The SMILES string of the molecule is Cc1cc(=O)oc2cc(OC/C(=N/Nc3ccc([N+](=O)[O-])cc3[N+](=O)[O-])c3ccccc3)ccc12. The standard InChI is InChI=1S/C24H18N4O7/c1-15-11-24(29)35-23-13-18(8-9-19(15)23)34-14-21(16-5-3-2-4-6-16)26-25-20-10-7-17(27(30)31)12-22(20)28(32)33/h2-13,25H,14H2,1H3/b26-21-. The Balaban J connectivity index is 1.63. The van der Waals surface area contributed by atoms with Crippen LogP contribution in [0.15, 0.2) is 87.1 Å². The number of fused-ring (bicyclic) bond motifs is 1. The third-order valence-electron chi connectivity index (χ3n) is 5.11. The molecule has 0 aliphatic heterocycles. The molecule has 0 aliphatic rings. The molecule has 4 aromatic rings. The molecule has 35 heavy (non-hydrogen) atoms. The van der Waals surface area contributed by atoms with Gasteiger partial charge in [-0.25, -0.2) is 4.79 Å². The molecule has 1 N–H and O–H groups in total. The zero-order valence-electron chi connectivity index (χ0n) is 18.3. The highest BCUT2D eigenvalue weighted by Crippen LogP contribution is 2.29. The van der Waals surface area contributed by atoms with Gasteiger partial charge in [-0.05, 0) is 30.7 Å². The Bertz CT molecular complexity index is 1510. The number of ether oxygens (including phenoxy) is 1. The number of hydrogen-bond donors (Lipinski definition) is 1. The molecule has 3 aromatic carbocycles. The second-order valence-corrected chi connectivity index (χ2v) is 7.45. The van der Waals surface area contributed by atoms with Crippen molar-refractivity contribution >= 4 is 33.7 Å². The largest absolute Gasteiger partial charge is 0.487 e. The van der Waals surface area contributed by atoms with Crippen molar-refractivity contribution < 1.29 is 19.0 Å². The van der Waals surface area contributed by atoms with Crippen molar-refractivity contribution in [2.24, 2.45) is 5.10 Å². The zero-order chi connectivity index (χ0) is 24.9. The van der Waals surface area contributed by atoms with Crippen LogP contribution in [0.25, 0.3) is 11.0 Å². The Kier molecular flexibility index (Phi) is 6.49. The highest BCUT2D eigenvalue weighted by Gasteiger charge is 2.19. The predicted octanol–water partition coefficient (Wildman–Crippen LogP) is 4.81. The summed E-state index contributed by atoms with van der Waals surface area (Å²) in [5.41, 5.74) is 3.50. The van der Waals surface area contributed by atoms with Gasteiger partial charge < -0.3 is 9.15 Å². The summed E-state index contributed by atoms with van der Waals surface area (Å²) in [6, 6.07) is 18.7. The van der Waals surface area contributed by atoms with E-state index in [9.17, 15) is 25.0 Å². The van der Waals surface area contributed by atoms with Gasteiger partial charge in [0.05, 0.1) is 15.9 Å². The van der Waals surface area contributed by atoms with Gasteiger partial charge in [0, 0.05) is 29.1 Å². The van der Waals surface area contributed by atoms with Crippen LogP contribution in [0.1, 0.15) is 11.1 Å². The average Bonchev–Trinajstić information content (AvgIpc) is 2.84. The highest BCUT2D eigenvalue weighted by atomic mass is 16.6. The third-order valence-corrected chi connectivity index (χ3v) is 5.11. The lowest BCUT2D eigenvalue weighted by Gasteiger charge is -2.11. The van der Waals surface area contributed by atoms with E-state index in [4.69, 9.17) is 9.15 Å². The number of hydrogen-bond acceptors (Lipinski definition) is 9. The normalized spacial score (nSPS) is 11.3. The van der Waals surface area contributed by atoms with Crippen molar-refractivity contribution in [3.63, 3.8) is 0 Å². The molecule has 11 heteroatoms. The van der Waals surface area contributed by atoms with E-state index in [0.29, 0.717) is 22.6 Å². The minimum Gasteiger partial charge on any atom is -0.487 e. The lowest BCUT2D eigenvalue weighted by atomic mass is 10.1. The first-order chi connectivity index (χ1) is 16.8. The lowest BCUT2D eigenvalue weighted by molar-refractivity contribution is -0.393. The van der Waals surface area contributed by atoms with Crippen molar-refractivity contribution in [3.8, 4) is 5.75 Å². The summed E-state index contributed by atoms with van der Waals surface area (Å²) in [4.78, 5) is 32.6. The van der Waals surface area contributed by atoms with E-state index in [1.807, 2.05) is 13.0 Å². The number of nitrogens with one attached hydrogen (secondary N) is 1. The first kappa shape index (κ1) is 23.1. The number of non-ortho nitro benzene ring substituents is 1. The van der Waals surface area contributed by atoms with Gasteiger partial charge >= 0.3 is 11.3 Å². The lowest BCUT2D eigenvalue weighted by Crippen LogP contribution is -2.15. The predicted molar refractivity (Wildman–Crippen MR) is 129 cm³/mol. The summed E-state index contributed by atoms with van der Waals surface area (Å²) in [6.45, 7) is 1.78. The van der Waals surface area contributed by atoms with E-state index in [0.717, 1.165) is 23.1 Å². The van der Waals surface area contributed by atoms with E-state index in [-0.39, 0.29) is 12.3 Å². The van der Waals surface area contributed by atoms with Gasteiger partial charge in [0.1, 0.15) is 29.3 Å². The average molecular weight is 474 g/mol. The maximum Gasteiger partial charge on any atom is 0.336 e. The molecular weight excluding hydrogens is 456 g/mol. The minimum absolute atomic E-state index is 0.0167. The summed E-state index contributed by atoms with van der Waals surface area (Å²) in [7, 11) is 0. The Labute approximate surface area is 197 Å². The van der Waals surface area contributed by atoms with E-state index >= 15 is 0 Å². The van der Waals surface area contributed by atoms with Gasteiger partial charge in [0.25, 0.3) is 5.69 Å². The number of rotatable bonds is 8. The number of benzene rings is 3. The molecule has 1 aromatic heterocycles. The molecule has 0 unspecified atom stereocenters. The number of anilines is 1. The molecule has 0 atom stereocenters. The van der Waals surface area contributed by atoms with E-state index in [2.05, 4.69) is 10.5 Å². The molecule has 0 saturated heterocycles. The molecule has 0 saturated carbocycles. The first-order valence-electron chi connectivity index (χ1n) is 10.3. The van der Waals surface area contributed by atoms with E-state index in [1.54, 1.807) is 42.5 Å². The van der Waals surface area contributed by atoms with Crippen LogP contribution in [0.3, 0.4) is 0 Å². The molecule has 0 bridgehead atoms. The summed E-state index contributed by atoms with van der Waals surface area (Å²) in [5.74, 6) is 0.427. The van der Waals surface area contributed by atoms with Gasteiger partial charge in [-0.1, -0.05) is 30.3 Å². The van der Waals surface area contributed by atoms with Gasteiger partial charge in [-0.15, -0.1) is 0 Å². The Hall–Kier alpha value is -5.06.